The number of carbonyl (C=O) groups is 2. The van der Waals surface area contributed by atoms with E-state index in [9.17, 15) is 28.1 Å². The molecule has 0 heterocycles. The fourth-order valence-electron chi connectivity index (χ4n) is 4.11. The number of carbonyl (C=O) groups excluding carboxylic acids is 2. The van der Waals surface area contributed by atoms with Gasteiger partial charge in [0, 0.05) is 25.2 Å². The van der Waals surface area contributed by atoms with E-state index in [1.807, 2.05) is 31.2 Å². The molecule has 11 nitrogen and oxygen atoms in total. The number of nitro groups is 1. The number of hydrogen-bond donors (Lipinski definition) is 1. The van der Waals surface area contributed by atoms with Crippen LogP contribution in [0.25, 0.3) is 0 Å². The number of ether oxygens (including phenoxy) is 1. The summed E-state index contributed by atoms with van der Waals surface area (Å²) in [6.45, 7) is 4.34. The lowest BCUT2D eigenvalue weighted by molar-refractivity contribution is -0.385. The van der Waals surface area contributed by atoms with Crippen molar-refractivity contribution in [2.45, 2.75) is 38.3 Å². The number of nitrogens with zero attached hydrogens (tertiary/aromatic N) is 3. The van der Waals surface area contributed by atoms with Gasteiger partial charge in [0.05, 0.1) is 22.6 Å². The average Bonchev–Trinajstić information content (AvgIpc) is 2.94. The lowest BCUT2D eigenvalue weighted by atomic mass is 10.1. The van der Waals surface area contributed by atoms with Crippen molar-refractivity contribution >= 4 is 33.2 Å². The van der Waals surface area contributed by atoms with Gasteiger partial charge in [0.15, 0.2) is 0 Å². The van der Waals surface area contributed by atoms with Gasteiger partial charge in [0.25, 0.3) is 15.7 Å². The van der Waals surface area contributed by atoms with E-state index in [-0.39, 0.29) is 22.8 Å². The van der Waals surface area contributed by atoms with Gasteiger partial charge in [-0.25, -0.2) is 8.42 Å². The van der Waals surface area contributed by atoms with Crippen LogP contribution in [0.1, 0.15) is 23.6 Å². The first-order valence-electron chi connectivity index (χ1n) is 12.4. The zero-order valence-electron chi connectivity index (χ0n) is 23.0. The molecule has 0 aliphatic carbocycles. The number of methoxy groups -OCH3 is 1. The zero-order valence-corrected chi connectivity index (χ0v) is 23.8. The van der Waals surface area contributed by atoms with Crippen molar-refractivity contribution in [3.63, 3.8) is 0 Å². The number of hydrogen-bond acceptors (Lipinski definition) is 7. The van der Waals surface area contributed by atoms with Gasteiger partial charge in [0.1, 0.15) is 18.3 Å². The molecule has 0 aliphatic heterocycles. The Morgan fingerprint density at radius 1 is 1.02 bits per heavy atom. The van der Waals surface area contributed by atoms with Crippen LogP contribution in [0.2, 0.25) is 0 Å². The van der Waals surface area contributed by atoms with E-state index < -0.39 is 39.3 Å². The van der Waals surface area contributed by atoms with Crippen molar-refractivity contribution in [2.75, 3.05) is 25.0 Å². The number of anilines is 1. The molecular formula is C28H32N4O7S. The first-order valence-corrected chi connectivity index (χ1v) is 13.8. The normalized spacial score (nSPS) is 11.8. The number of rotatable bonds is 11. The van der Waals surface area contributed by atoms with E-state index in [0.29, 0.717) is 11.3 Å². The first kappa shape index (κ1) is 30.1. The minimum atomic E-state index is -4.47. The second-order valence-electron chi connectivity index (χ2n) is 9.15. The molecule has 40 heavy (non-hydrogen) atoms. The summed E-state index contributed by atoms with van der Waals surface area (Å²) in [4.78, 5) is 38.3. The maximum atomic E-state index is 13.9. The van der Waals surface area contributed by atoms with Gasteiger partial charge in [-0.3, -0.25) is 24.0 Å². The van der Waals surface area contributed by atoms with Crippen LogP contribution in [0.5, 0.6) is 5.75 Å². The summed E-state index contributed by atoms with van der Waals surface area (Å²) in [7, 11) is -1.56. The van der Waals surface area contributed by atoms with Crippen LogP contribution in [0, 0.1) is 24.0 Å². The third-order valence-corrected chi connectivity index (χ3v) is 8.39. The lowest BCUT2D eigenvalue weighted by Crippen LogP contribution is -2.50. The Kier molecular flexibility index (Phi) is 9.48. The lowest BCUT2D eigenvalue weighted by Gasteiger charge is -2.32. The van der Waals surface area contributed by atoms with Crippen LogP contribution >= 0.6 is 0 Å². The van der Waals surface area contributed by atoms with E-state index in [1.54, 1.807) is 6.92 Å². The second kappa shape index (κ2) is 12.6. The molecule has 2 amide bonds. The number of nitro benzene ring substituents is 1. The number of amides is 2. The third-order valence-electron chi connectivity index (χ3n) is 6.62. The standard InChI is InChI=1S/C28H32N4O7S/c1-19-8-6-7-9-22(19)17-30(21(3)28(34)29-4)27(33)18-31(23-11-13-24(39-5)14-12-23)40(37,38)25-15-10-20(2)26(16-25)32(35)36/h6-16,21H,17-18H2,1-5H3,(H,29,34)/t21-/m0/s1. The molecule has 0 saturated carbocycles. The Labute approximate surface area is 233 Å². The molecule has 0 spiro atoms. The van der Waals surface area contributed by atoms with Crippen molar-refractivity contribution in [1.29, 1.82) is 0 Å². The Morgan fingerprint density at radius 3 is 2.25 bits per heavy atom. The summed E-state index contributed by atoms with van der Waals surface area (Å²) in [5.41, 5.74) is 1.76. The molecule has 0 radical (unpaired) electrons. The van der Waals surface area contributed by atoms with E-state index in [2.05, 4.69) is 5.32 Å². The molecule has 0 fully saturated rings. The predicted octanol–water partition coefficient (Wildman–Crippen LogP) is 3.58. The second-order valence-corrected chi connectivity index (χ2v) is 11.0. The number of benzene rings is 3. The SMILES string of the molecule is CNC(=O)[C@H](C)N(Cc1ccccc1C)C(=O)CN(c1ccc(OC)cc1)S(=O)(=O)c1ccc(C)c([N+](=O)[O-])c1. The van der Waals surface area contributed by atoms with Crippen molar-refractivity contribution in [1.82, 2.24) is 10.2 Å². The molecule has 3 rings (SSSR count). The van der Waals surface area contributed by atoms with Crippen LogP contribution < -0.4 is 14.4 Å². The summed E-state index contributed by atoms with van der Waals surface area (Å²) in [5, 5.41) is 14.1. The van der Waals surface area contributed by atoms with Crippen LogP contribution in [-0.4, -0.2) is 56.8 Å². The molecule has 1 atom stereocenters. The van der Waals surface area contributed by atoms with Crippen LogP contribution in [0.3, 0.4) is 0 Å². The van der Waals surface area contributed by atoms with Crippen molar-refractivity contribution in [3.8, 4) is 5.75 Å². The minimum absolute atomic E-state index is 0.0621. The van der Waals surface area contributed by atoms with Gasteiger partial charge >= 0.3 is 0 Å². The fraction of sp³-hybridized carbons (Fsp3) is 0.286. The molecule has 3 aromatic carbocycles. The van der Waals surface area contributed by atoms with Gasteiger partial charge in [-0.15, -0.1) is 0 Å². The summed E-state index contributed by atoms with van der Waals surface area (Å²) in [5.74, 6) is -0.594. The van der Waals surface area contributed by atoms with Gasteiger partial charge in [-0.2, -0.15) is 0 Å². The number of sulfonamides is 1. The fourth-order valence-corrected chi connectivity index (χ4v) is 5.55. The highest BCUT2D eigenvalue weighted by molar-refractivity contribution is 7.92. The zero-order chi connectivity index (χ0) is 29.6. The summed E-state index contributed by atoms with van der Waals surface area (Å²) < 4.78 is 33.9. The molecule has 0 aromatic heterocycles. The molecule has 12 heteroatoms. The Morgan fingerprint density at radius 2 is 1.68 bits per heavy atom. The Balaban J connectivity index is 2.10. The maximum Gasteiger partial charge on any atom is 0.273 e. The third kappa shape index (κ3) is 6.57. The van der Waals surface area contributed by atoms with E-state index in [1.165, 1.54) is 62.4 Å². The van der Waals surface area contributed by atoms with Crippen molar-refractivity contribution < 1.29 is 27.7 Å². The summed E-state index contributed by atoms with van der Waals surface area (Å²) in [6, 6.07) is 16.1. The number of nitrogens with one attached hydrogen (secondary N) is 1. The quantitative estimate of drug-likeness (QED) is 0.276. The molecule has 1 N–H and O–H groups in total. The number of aryl methyl sites for hydroxylation is 2. The molecule has 0 saturated heterocycles. The highest BCUT2D eigenvalue weighted by Crippen LogP contribution is 2.29. The topological polar surface area (TPSA) is 139 Å². The predicted molar refractivity (Wildman–Crippen MR) is 151 cm³/mol. The average molecular weight is 569 g/mol. The highest BCUT2D eigenvalue weighted by atomic mass is 32.2. The molecule has 0 bridgehead atoms. The monoisotopic (exact) mass is 568 g/mol. The first-order chi connectivity index (χ1) is 18.9. The Bertz CT molecular complexity index is 1510. The summed E-state index contributed by atoms with van der Waals surface area (Å²) >= 11 is 0. The van der Waals surface area contributed by atoms with Gasteiger partial charge in [-0.05, 0) is 62.2 Å². The smallest absolute Gasteiger partial charge is 0.273 e. The van der Waals surface area contributed by atoms with Crippen molar-refractivity contribution in [3.05, 3.63) is 93.5 Å². The van der Waals surface area contributed by atoms with Gasteiger partial charge < -0.3 is 15.0 Å². The van der Waals surface area contributed by atoms with Crippen LogP contribution in [0.4, 0.5) is 11.4 Å². The van der Waals surface area contributed by atoms with E-state index >= 15 is 0 Å². The van der Waals surface area contributed by atoms with Crippen LogP contribution in [0.15, 0.2) is 71.6 Å². The maximum absolute atomic E-state index is 13.9. The molecule has 0 aliphatic rings. The molecule has 0 unspecified atom stereocenters. The summed E-state index contributed by atoms with van der Waals surface area (Å²) in [6.07, 6.45) is 0. The minimum Gasteiger partial charge on any atom is -0.497 e. The molecule has 212 valence electrons. The number of likely N-dealkylation sites (N-methyl/N-ethyl adjacent to an activating group) is 1. The van der Waals surface area contributed by atoms with Gasteiger partial charge in [0.2, 0.25) is 11.8 Å². The van der Waals surface area contributed by atoms with Gasteiger partial charge in [-0.1, -0.05) is 30.3 Å². The van der Waals surface area contributed by atoms with Crippen molar-refractivity contribution in [2.24, 2.45) is 0 Å². The van der Waals surface area contributed by atoms with E-state index in [4.69, 9.17) is 4.74 Å². The Hall–Kier alpha value is -4.45. The largest absolute Gasteiger partial charge is 0.497 e. The molecular weight excluding hydrogens is 536 g/mol. The van der Waals surface area contributed by atoms with Crippen LogP contribution in [-0.2, 0) is 26.2 Å². The van der Waals surface area contributed by atoms with E-state index in [0.717, 1.165) is 21.5 Å². The molecule has 3 aromatic rings. The highest BCUT2D eigenvalue weighted by Gasteiger charge is 2.33.